The summed E-state index contributed by atoms with van der Waals surface area (Å²) in [6.45, 7) is 1.10. The Kier molecular flexibility index (Phi) is 4.96. The number of aromatic carboxylic acids is 1. The number of hydrogen-bond acceptors (Lipinski definition) is 3. The monoisotopic (exact) mass is 293 g/mol. The van der Waals surface area contributed by atoms with Crippen molar-refractivity contribution in [2.24, 2.45) is 0 Å². The van der Waals surface area contributed by atoms with Gasteiger partial charge in [0, 0.05) is 12.1 Å². The van der Waals surface area contributed by atoms with Crippen molar-refractivity contribution >= 4 is 16.0 Å². The van der Waals surface area contributed by atoms with Crippen LogP contribution in [0.2, 0.25) is 0 Å². The van der Waals surface area contributed by atoms with E-state index >= 15 is 0 Å². The fraction of sp³-hybridized carbons (Fsp3) is 0.364. The minimum absolute atomic E-state index is 0.149. The lowest BCUT2D eigenvalue weighted by molar-refractivity contribution is 0.0695. The van der Waals surface area contributed by atoms with Crippen LogP contribution < -0.4 is 4.72 Å². The molecule has 2 N–H and O–H groups in total. The second-order valence-electron chi connectivity index (χ2n) is 3.86. The van der Waals surface area contributed by atoms with Gasteiger partial charge in [0.25, 0.3) is 0 Å². The highest BCUT2D eigenvalue weighted by Crippen LogP contribution is 2.16. The Balaban J connectivity index is 2.94. The molecular weight excluding hydrogens is 280 g/mol. The first-order valence-corrected chi connectivity index (χ1v) is 7.10. The van der Waals surface area contributed by atoms with E-state index in [0.717, 1.165) is 0 Å². The molecule has 0 spiro atoms. The van der Waals surface area contributed by atoms with Gasteiger partial charge in [-0.05, 0) is 18.6 Å². The summed E-state index contributed by atoms with van der Waals surface area (Å²) in [6, 6.07) is 1.30. The lowest BCUT2D eigenvalue weighted by atomic mass is 10.1. The predicted octanol–water partition coefficient (Wildman–Crippen LogP) is 1.49. The molecule has 0 aliphatic carbocycles. The number of carboxylic acid groups (broad SMARTS) is 1. The van der Waals surface area contributed by atoms with Crippen LogP contribution in [0.4, 0.5) is 8.78 Å². The van der Waals surface area contributed by atoms with Gasteiger partial charge in [-0.15, -0.1) is 0 Å². The zero-order valence-corrected chi connectivity index (χ0v) is 10.9. The highest BCUT2D eigenvalue weighted by atomic mass is 32.2. The van der Waals surface area contributed by atoms with Crippen LogP contribution in [0.5, 0.6) is 0 Å². The van der Waals surface area contributed by atoms with Gasteiger partial charge in [-0.1, -0.05) is 6.92 Å². The molecule has 1 rings (SSSR count). The summed E-state index contributed by atoms with van der Waals surface area (Å²) in [5.74, 6) is -3.81. The standard InChI is InChI=1S/C11H13F2NO4S/c1-2-3-19(17,18)14-6-8-9(12)4-7(11(15)16)5-10(8)13/h4-5,14H,2-3,6H2,1H3,(H,15,16). The Morgan fingerprint density at radius 3 is 2.26 bits per heavy atom. The van der Waals surface area contributed by atoms with Crippen molar-refractivity contribution < 1.29 is 27.1 Å². The van der Waals surface area contributed by atoms with Crippen LogP contribution in [-0.4, -0.2) is 25.2 Å². The first-order chi connectivity index (χ1) is 8.76. The third-order valence-corrected chi connectivity index (χ3v) is 3.86. The van der Waals surface area contributed by atoms with Crippen molar-refractivity contribution in [1.82, 2.24) is 4.72 Å². The van der Waals surface area contributed by atoms with Gasteiger partial charge >= 0.3 is 5.97 Å². The minimum Gasteiger partial charge on any atom is -0.478 e. The van der Waals surface area contributed by atoms with E-state index in [4.69, 9.17) is 5.11 Å². The fourth-order valence-electron chi connectivity index (χ4n) is 1.42. The van der Waals surface area contributed by atoms with Gasteiger partial charge in [-0.2, -0.15) is 0 Å². The predicted molar refractivity (Wildman–Crippen MR) is 64.2 cm³/mol. The average Bonchev–Trinajstić information content (AvgIpc) is 2.27. The van der Waals surface area contributed by atoms with Crippen molar-refractivity contribution in [3.05, 3.63) is 34.9 Å². The summed E-state index contributed by atoms with van der Waals surface area (Å²) in [4.78, 5) is 10.6. The van der Waals surface area contributed by atoms with E-state index in [1.807, 2.05) is 0 Å². The number of carbonyl (C=O) groups is 1. The lowest BCUT2D eigenvalue weighted by Crippen LogP contribution is -2.26. The van der Waals surface area contributed by atoms with Gasteiger partial charge in [0.2, 0.25) is 10.0 Å². The number of nitrogens with one attached hydrogen (secondary N) is 1. The third-order valence-electron chi connectivity index (χ3n) is 2.33. The maximum Gasteiger partial charge on any atom is 0.335 e. The molecule has 1 aromatic carbocycles. The van der Waals surface area contributed by atoms with Crippen molar-refractivity contribution in [2.75, 3.05) is 5.75 Å². The minimum atomic E-state index is -3.59. The average molecular weight is 293 g/mol. The third kappa shape index (κ3) is 4.25. The summed E-state index contributed by atoms with van der Waals surface area (Å²) < 4.78 is 51.7. The number of rotatable bonds is 6. The van der Waals surface area contributed by atoms with Crippen molar-refractivity contribution in [3.63, 3.8) is 0 Å². The Hall–Kier alpha value is -1.54. The van der Waals surface area contributed by atoms with Gasteiger partial charge in [0.1, 0.15) is 11.6 Å². The molecule has 0 atom stereocenters. The van der Waals surface area contributed by atoms with Crippen molar-refractivity contribution in [1.29, 1.82) is 0 Å². The topological polar surface area (TPSA) is 83.5 Å². The first kappa shape index (κ1) is 15.5. The number of hydrogen-bond donors (Lipinski definition) is 2. The highest BCUT2D eigenvalue weighted by Gasteiger charge is 2.16. The Labute approximate surface area is 109 Å². The second-order valence-corrected chi connectivity index (χ2v) is 5.79. The summed E-state index contributed by atoms with van der Waals surface area (Å²) >= 11 is 0. The molecule has 0 amide bonds. The largest absolute Gasteiger partial charge is 0.478 e. The Bertz CT molecular complexity index is 563. The Morgan fingerprint density at radius 2 is 1.84 bits per heavy atom. The molecule has 0 saturated carbocycles. The van der Waals surface area contributed by atoms with Gasteiger partial charge in [0.15, 0.2) is 0 Å². The molecule has 5 nitrogen and oxygen atoms in total. The molecule has 8 heteroatoms. The van der Waals surface area contributed by atoms with Crippen LogP contribution in [0.1, 0.15) is 29.3 Å². The molecule has 0 aliphatic rings. The van der Waals surface area contributed by atoms with Gasteiger partial charge < -0.3 is 5.11 Å². The molecule has 19 heavy (non-hydrogen) atoms. The number of halogens is 2. The lowest BCUT2D eigenvalue weighted by Gasteiger charge is -2.08. The van der Waals surface area contributed by atoms with E-state index in [9.17, 15) is 22.0 Å². The zero-order valence-electron chi connectivity index (χ0n) is 10.1. The summed E-state index contributed by atoms with van der Waals surface area (Å²) in [5, 5.41) is 8.61. The molecular formula is C11H13F2NO4S. The van der Waals surface area contributed by atoms with Crippen molar-refractivity contribution in [3.8, 4) is 0 Å². The molecule has 0 unspecified atom stereocenters. The SMILES string of the molecule is CCCS(=O)(=O)NCc1c(F)cc(C(=O)O)cc1F. The fourth-order valence-corrected chi connectivity index (χ4v) is 2.46. The molecule has 106 valence electrons. The van der Waals surface area contributed by atoms with Crippen LogP contribution in [0, 0.1) is 11.6 Å². The molecule has 0 heterocycles. The smallest absolute Gasteiger partial charge is 0.335 e. The van der Waals surface area contributed by atoms with Crippen LogP contribution in [0.3, 0.4) is 0 Å². The quantitative estimate of drug-likeness (QED) is 0.832. The van der Waals surface area contributed by atoms with E-state index < -0.39 is 45.3 Å². The van der Waals surface area contributed by atoms with Crippen LogP contribution in [0.25, 0.3) is 0 Å². The zero-order chi connectivity index (χ0) is 14.6. The van der Waals surface area contributed by atoms with Crippen molar-refractivity contribution in [2.45, 2.75) is 19.9 Å². The first-order valence-electron chi connectivity index (χ1n) is 5.45. The number of sulfonamides is 1. The maximum absolute atomic E-state index is 13.5. The summed E-state index contributed by atoms with van der Waals surface area (Å²) in [5.41, 5.74) is -1.04. The molecule has 0 saturated heterocycles. The van der Waals surface area contributed by atoms with E-state index in [-0.39, 0.29) is 5.75 Å². The van der Waals surface area contributed by atoms with Crippen LogP contribution in [0.15, 0.2) is 12.1 Å². The van der Waals surface area contributed by atoms with Gasteiger partial charge in [-0.25, -0.2) is 26.7 Å². The second kappa shape index (κ2) is 6.07. The number of benzene rings is 1. The summed E-state index contributed by atoms with van der Waals surface area (Å²) in [7, 11) is -3.59. The van der Waals surface area contributed by atoms with E-state index in [1.54, 1.807) is 6.92 Å². The molecule has 0 bridgehead atoms. The van der Waals surface area contributed by atoms with E-state index in [2.05, 4.69) is 4.72 Å². The maximum atomic E-state index is 13.5. The highest BCUT2D eigenvalue weighted by molar-refractivity contribution is 7.89. The van der Waals surface area contributed by atoms with Crippen LogP contribution in [-0.2, 0) is 16.6 Å². The van der Waals surface area contributed by atoms with E-state index in [1.165, 1.54) is 0 Å². The molecule has 0 fully saturated rings. The Morgan fingerprint density at radius 1 is 1.32 bits per heavy atom. The molecule has 0 aliphatic heterocycles. The normalized spacial score (nSPS) is 11.5. The van der Waals surface area contributed by atoms with Crippen LogP contribution >= 0.6 is 0 Å². The van der Waals surface area contributed by atoms with Gasteiger partial charge in [0.05, 0.1) is 11.3 Å². The molecule has 0 radical (unpaired) electrons. The number of carboxylic acids is 1. The summed E-state index contributed by atoms with van der Waals surface area (Å²) in [6.07, 6.45) is 0.373. The van der Waals surface area contributed by atoms with E-state index in [0.29, 0.717) is 18.6 Å². The molecule has 0 aromatic heterocycles. The molecule has 1 aromatic rings. The van der Waals surface area contributed by atoms with Gasteiger partial charge in [-0.3, -0.25) is 0 Å².